The molecule has 1 amide bonds. The van der Waals surface area contributed by atoms with Crippen molar-refractivity contribution in [1.29, 1.82) is 0 Å². The largest absolute Gasteiger partial charge is 0.496 e. The van der Waals surface area contributed by atoms with E-state index in [2.05, 4.69) is 24.1 Å². The molecule has 2 aromatic rings. The molecular formula is C29H38ClN5O3. The molecular weight excluding hydrogens is 502 g/mol. The van der Waals surface area contributed by atoms with Crippen molar-refractivity contribution < 1.29 is 14.3 Å². The van der Waals surface area contributed by atoms with E-state index >= 15 is 0 Å². The average molecular weight is 540 g/mol. The minimum Gasteiger partial charge on any atom is -0.496 e. The Morgan fingerprint density at radius 2 is 1.97 bits per heavy atom. The van der Waals surface area contributed by atoms with E-state index in [4.69, 9.17) is 31.0 Å². The summed E-state index contributed by atoms with van der Waals surface area (Å²) in [6.07, 6.45) is 6.17. The standard InChI is InChI=1S/C29H38ClN5O3/c1-4-19(2)31-28-27-23(30)7-8-24(27)32-26(33-28)18-20-5-6-21(17-25(20)37-3)29(36)35-11-9-22(10-12-35)34-13-15-38-16-14-34/h5-7,17,19,22H,4,8-16,18H2,1-3H3,(H,31,32,33)/t19-/m1/s1. The number of fused-ring (bicyclic) bond motifs is 1. The molecule has 1 aliphatic carbocycles. The van der Waals surface area contributed by atoms with Gasteiger partial charge in [0.15, 0.2) is 0 Å². The van der Waals surface area contributed by atoms with Gasteiger partial charge in [-0.3, -0.25) is 9.69 Å². The van der Waals surface area contributed by atoms with Crippen molar-refractivity contribution in [3.8, 4) is 5.75 Å². The number of methoxy groups -OCH3 is 1. The van der Waals surface area contributed by atoms with Gasteiger partial charge in [-0.1, -0.05) is 30.7 Å². The molecule has 3 aliphatic rings. The van der Waals surface area contributed by atoms with E-state index in [1.165, 1.54) is 0 Å². The van der Waals surface area contributed by atoms with Crippen LogP contribution in [0.15, 0.2) is 24.3 Å². The van der Waals surface area contributed by atoms with Gasteiger partial charge in [0, 0.05) is 67.3 Å². The third-order valence-electron chi connectivity index (χ3n) is 7.94. The first-order chi connectivity index (χ1) is 18.5. The highest BCUT2D eigenvalue weighted by Gasteiger charge is 2.29. The molecule has 3 heterocycles. The summed E-state index contributed by atoms with van der Waals surface area (Å²) in [7, 11) is 1.64. The van der Waals surface area contributed by atoms with Crippen molar-refractivity contribution >= 4 is 28.4 Å². The highest BCUT2D eigenvalue weighted by molar-refractivity contribution is 6.49. The van der Waals surface area contributed by atoms with Crippen molar-refractivity contribution in [3.63, 3.8) is 0 Å². The number of rotatable bonds is 8. The van der Waals surface area contributed by atoms with Crippen LogP contribution in [0, 0.1) is 0 Å². The summed E-state index contributed by atoms with van der Waals surface area (Å²) in [5.41, 5.74) is 3.44. The number of nitrogens with zero attached hydrogens (tertiary/aromatic N) is 4. The number of ether oxygens (including phenoxy) is 2. The lowest BCUT2D eigenvalue weighted by atomic mass is 10.0. The molecule has 1 aromatic carbocycles. The van der Waals surface area contributed by atoms with Gasteiger partial charge in [0.05, 0.1) is 31.6 Å². The number of piperidine rings is 1. The van der Waals surface area contributed by atoms with Crippen LogP contribution in [0.1, 0.15) is 66.1 Å². The molecule has 8 nitrogen and oxygen atoms in total. The van der Waals surface area contributed by atoms with Crippen molar-refractivity contribution in [2.75, 3.05) is 51.8 Å². The van der Waals surface area contributed by atoms with Gasteiger partial charge in [-0.05, 0) is 38.3 Å². The topological polar surface area (TPSA) is 79.8 Å². The van der Waals surface area contributed by atoms with Crippen molar-refractivity contribution in [1.82, 2.24) is 19.8 Å². The predicted molar refractivity (Wildman–Crippen MR) is 150 cm³/mol. The summed E-state index contributed by atoms with van der Waals surface area (Å²) >= 11 is 6.47. The predicted octanol–water partition coefficient (Wildman–Crippen LogP) is 4.36. The van der Waals surface area contributed by atoms with Crippen LogP contribution in [-0.2, 0) is 17.6 Å². The zero-order valence-electron chi connectivity index (χ0n) is 22.6. The number of benzene rings is 1. The number of carbonyl (C=O) groups excluding carboxylic acids is 1. The summed E-state index contributed by atoms with van der Waals surface area (Å²) in [5, 5.41) is 4.20. The molecule has 0 saturated carbocycles. The van der Waals surface area contributed by atoms with Crippen LogP contribution in [0.5, 0.6) is 5.75 Å². The minimum absolute atomic E-state index is 0.0600. The molecule has 5 rings (SSSR count). The summed E-state index contributed by atoms with van der Waals surface area (Å²) < 4.78 is 11.2. The average Bonchev–Trinajstić information content (AvgIpc) is 3.33. The number of anilines is 1. The first kappa shape index (κ1) is 26.9. The van der Waals surface area contributed by atoms with Gasteiger partial charge >= 0.3 is 0 Å². The van der Waals surface area contributed by atoms with E-state index in [9.17, 15) is 4.79 Å². The molecule has 1 atom stereocenters. The second kappa shape index (κ2) is 12.0. The zero-order valence-corrected chi connectivity index (χ0v) is 23.4. The van der Waals surface area contributed by atoms with Gasteiger partial charge < -0.3 is 19.7 Å². The number of amides is 1. The van der Waals surface area contributed by atoms with Crippen LogP contribution in [0.2, 0.25) is 0 Å². The van der Waals surface area contributed by atoms with Crippen LogP contribution in [0.3, 0.4) is 0 Å². The van der Waals surface area contributed by atoms with Crippen LogP contribution >= 0.6 is 11.6 Å². The third kappa shape index (κ3) is 5.82. The van der Waals surface area contributed by atoms with Gasteiger partial charge in [-0.2, -0.15) is 0 Å². The summed E-state index contributed by atoms with van der Waals surface area (Å²) in [6.45, 7) is 9.41. The molecule has 0 spiro atoms. The Balaban J connectivity index is 1.29. The molecule has 204 valence electrons. The van der Waals surface area contributed by atoms with E-state index in [-0.39, 0.29) is 11.9 Å². The van der Waals surface area contributed by atoms with Crippen LogP contribution in [-0.4, -0.2) is 84.3 Å². The molecule has 1 aromatic heterocycles. The number of halogens is 1. The van der Waals surface area contributed by atoms with Crippen LogP contribution in [0.4, 0.5) is 5.82 Å². The number of likely N-dealkylation sites (tertiary alicyclic amines) is 1. The Morgan fingerprint density at radius 1 is 1.21 bits per heavy atom. The highest BCUT2D eigenvalue weighted by Crippen LogP contribution is 2.35. The minimum atomic E-state index is 0.0600. The Labute approximate surface area is 230 Å². The third-order valence-corrected chi connectivity index (χ3v) is 8.28. The molecule has 38 heavy (non-hydrogen) atoms. The van der Waals surface area contributed by atoms with E-state index in [1.807, 2.05) is 29.2 Å². The normalized spacial score (nSPS) is 19.2. The fourth-order valence-electron chi connectivity index (χ4n) is 5.52. The van der Waals surface area contributed by atoms with Gasteiger partial charge in [0.25, 0.3) is 5.91 Å². The fraction of sp³-hybridized carbons (Fsp3) is 0.552. The second-order valence-corrected chi connectivity index (χ2v) is 10.8. The maximum absolute atomic E-state index is 13.3. The van der Waals surface area contributed by atoms with E-state index in [1.54, 1.807) is 7.11 Å². The molecule has 0 bridgehead atoms. The van der Waals surface area contributed by atoms with E-state index < -0.39 is 0 Å². The zero-order chi connectivity index (χ0) is 26.6. The lowest BCUT2D eigenvalue weighted by Gasteiger charge is -2.40. The molecule has 1 N–H and O–H groups in total. The Bertz CT molecular complexity index is 1190. The van der Waals surface area contributed by atoms with Gasteiger partial charge in [-0.15, -0.1) is 0 Å². The molecule has 0 unspecified atom stereocenters. The summed E-state index contributed by atoms with van der Waals surface area (Å²) in [4.78, 5) is 27.5. The number of hydrogen-bond acceptors (Lipinski definition) is 7. The first-order valence-electron chi connectivity index (χ1n) is 13.8. The van der Waals surface area contributed by atoms with E-state index in [0.29, 0.717) is 41.1 Å². The van der Waals surface area contributed by atoms with Crippen LogP contribution < -0.4 is 10.1 Å². The van der Waals surface area contributed by atoms with Crippen molar-refractivity contribution in [2.24, 2.45) is 0 Å². The number of carbonyl (C=O) groups is 1. The molecule has 2 saturated heterocycles. The second-order valence-electron chi connectivity index (χ2n) is 10.4. The lowest BCUT2D eigenvalue weighted by molar-refractivity contribution is 0.00158. The molecule has 9 heteroatoms. The van der Waals surface area contributed by atoms with Crippen molar-refractivity contribution in [2.45, 2.75) is 58.0 Å². The smallest absolute Gasteiger partial charge is 0.253 e. The van der Waals surface area contributed by atoms with Crippen LogP contribution in [0.25, 0.3) is 5.03 Å². The maximum atomic E-state index is 13.3. The SMILES string of the molecule is CC[C@@H](C)Nc1nc(Cc2ccc(C(=O)N3CCC(N4CCOCC4)CC3)cc2OC)nc2c1C(Cl)=CC2. The molecule has 0 radical (unpaired) electrons. The van der Waals surface area contributed by atoms with E-state index in [0.717, 1.165) is 81.3 Å². The number of allylic oxidation sites excluding steroid dienone is 1. The first-order valence-corrected chi connectivity index (χ1v) is 14.1. The Kier molecular flexibility index (Phi) is 8.51. The number of nitrogens with one attached hydrogen (secondary N) is 1. The number of aromatic nitrogens is 2. The van der Waals surface area contributed by atoms with Gasteiger partial charge in [0.2, 0.25) is 0 Å². The number of morpholine rings is 1. The number of hydrogen-bond donors (Lipinski definition) is 1. The maximum Gasteiger partial charge on any atom is 0.253 e. The van der Waals surface area contributed by atoms with Gasteiger partial charge in [0.1, 0.15) is 17.4 Å². The summed E-state index contributed by atoms with van der Waals surface area (Å²) in [5.74, 6) is 2.22. The van der Waals surface area contributed by atoms with Crippen molar-refractivity contribution in [3.05, 3.63) is 52.5 Å². The quantitative estimate of drug-likeness (QED) is 0.534. The molecule has 2 aliphatic heterocycles. The lowest BCUT2D eigenvalue weighted by Crippen LogP contribution is -2.50. The molecule has 2 fully saturated rings. The summed E-state index contributed by atoms with van der Waals surface area (Å²) in [6, 6.07) is 6.53. The fourth-order valence-corrected chi connectivity index (χ4v) is 5.79. The Morgan fingerprint density at radius 3 is 2.68 bits per heavy atom. The van der Waals surface area contributed by atoms with Gasteiger partial charge in [-0.25, -0.2) is 9.97 Å². The monoisotopic (exact) mass is 539 g/mol. The Hall–Kier alpha value is -2.68. The highest BCUT2D eigenvalue weighted by atomic mass is 35.5.